The molecule has 0 nitrogen and oxygen atoms in total. The third-order valence-corrected chi connectivity index (χ3v) is 3.70. The van der Waals surface area contributed by atoms with Crippen LogP contribution in [0.15, 0.2) is 12.2 Å². The van der Waals surface area contributed by atoms with Crippen molar-refractivity contribution in [2.75, 3.05) is 0 Å². The molecule has 0 amide bonds. The Morgan fingerprint density at radius 1 is 1.30 bits per heavy atom. The van der Waals surface area contributed by atoms with Crippen LogP contribution in [0.5, 0.6) is 0 Å². The fourth-order valence-electron chi connectivity index (χ4n) is 2.93. The van der Waals surface area contributed by atoms with Gasteiger partial charge < -0.3 is 0 Å². The minimum Gasteiger partial charge on any atom is -0.0993 e. The average Bonchev–Trinajstić information content (AvgIpc) is 2.36. The van der Waals surface area contributed by atoms with Crippen molar-refractivity contribution >= 4 is 0 Å². The molecule has 4 atom stereocenters. The Morgan fingerprint density at radius 3 is 2.40 bits per heavy atom. The highest BCUT2D eigenvalue weighted by Crippen LogP contribution is 2.53. The highest BCUT2D eigenvalue weighted by Gasteiger charge is 2.44. The maximum atomic E-state index is 4.15. The second-order valence-electron chi connectivity index (χ2n) is 4.17. The summed E-state index contributed by atoms with van der Waals surface area (Å²) in [6.45, 7) is 8.90. The Kier molecular flexibility index (Phi) is 1.21. The van der Waals surface area contributed by atoms with Crippen LogP contribution in [0.4, 0.5) is 0 Å². The second kappa shape index (κ2) is 1.87. The molecule has 56 valence electrons. The normalized spacial score (nSPS) is 52.4. The summed E-state index contributed by atoms with van der Waals surface area (Å²) >= 11 is 0. The van der Waals surface area contributed by atoms with E-state index in [0.717, 1.165) is 23.7 Å². The summed E-state index contributed by atoms with van der Waals surface area (Å²) in [6, 6.07) is 0. The minimum atomic E-state index is 0.828. The van der Waals surface area contributed by atoms with Crippen LogP contribution >= 0.6 is 0 Å². The Labute approximate surface area is 63.3 Å². The zero-order valence-electron chi connectivity index (χ0n) is 6.93. The summed E-state index contributed by atoms with van der Waals surface area (Å²) < 4.78 is 0. The largest absolute Gasteiger partial charge is 0.0993 e. The summed E-state index contributed by atoms with van der Waals surface area (Å²) in [5.74, 6) is 3.69. The van der Waals surface area contributed by atoms with E-state index in [1.165, 1.54) is 12.8 Å². The molecule has 2 aliphatic rings. The summed E-state index contributed by atoms with van der Waals surface area (Å²) in [5.41, 5.74) is 1.54. The number of allylic oxidation sites excluding steroid dienone is 1. The fraction of sp³-hybridized carbons (Fsp3) is 0.800. The molecule has 0 radical (unpaired) electrons. The fourth-order valence-corrected chi connectivity index (χ4v) is 2.93. The first-order valence-corrected chi connectivity index (χ1v) is 4.39. The van der Waals surface area contributed by atoms with Crippen molar-refractivity contribution in [1.29, 1.82) is 0 Å². The molecule has 10 heavy (non-hydrogen) atoms. The summed E-state index contributed by atoms with van der Waals surface area (Å²) in [6.07, 6.45) is 2.87. The van der Waals surface area contributed by atoms with Gasteiger partial charge in [0.05, 0.1) is 0 Å². The lowest BCUT2D eigenvalue weighted by Crippen LogP contribution is -2.16. The Morgan fingerprint density at radius 2 is 2.00 bits per heavy atom. The van der Waals surface area contributed by atoms with Gasteiger partial charge >= 0.3 is 0 Å². The molecule has 2 fully saturated rings. The van der Waals surface area contributed by atoms with Gasteiger partial charge in [-0.15, -0.1) is 0 Å². The van der Waals surface area contributed by atoms with E-state index in [1.54, 1.807) is 5.57 Å². The van der Waals surface area contributed by atoms with E-state index in [0.29, 0.717) is 0 Å². The van der Waals surface area contributed by atoms with Gasteiger partial charge in [-0.05, 0) is 36.5 Å². The van der Waals surface area contributed by atoms with Crippen LogP contribution in [0.1, 0.15) is 26.7 Å². The van der Waals surface area contributed by atoms with E-state index in [-0.39, 0.29) is 0 Å². The first kappa shape index (κ1) is 6.45. The first-order chi connectivity index (χ1) is 4.70. The maximum absolute atomic E-state index is 4.15. The van der Waals surface area contributed by atoms with Crippen LogP contribution in [-0.2, 0) is 0 Å². The van der Waals surface area contributed by atoms with Gasteiger partial charge in [0.2, 0.25) is 0 Å². The molecule has 2 saturated carbocycles. The van der Waals surface area contributed by atoms with Crippen molar-refractivity contribution in [3.05, 3.63) is 12.2 Å². The molecule has 0 aliphatic heterocycles. The molecule has 0 heteroatoms. The molecule has 2 bridgehead atoms. The van der Waals surface area contributed by atoms with Gasteiger partial charge in [0.25, 0.3) is 0 Å². The van der Waals surface area contributed by atoms with E-state index in [2.05, 4.69) is 20.4 Å². The molecule has 2 rings (SSSR count). The standard InChI is InChI=1S/C10H16/c1-6-4-9-5-10(6)8(3)7(9)2/h6,8-10H,2,4-5H2,1,3H3. The summed E-state index contributed by atoms with van der Waals surface area (Å²) in [7, 11) is 0. The minimum absolute atomic E-state index is 0.828. The Hall–Kier alpha value is -0.260. The molecule has 0 heterocycles. The molecule has 2 aliphatic carbocycles. The number of rotatable bonds is 0. The van der Waals surface area contributed by atoms with Crippen molar-refractivity contribution < 1.29 is 0 Å². The first-order valence-electron chi connectivity index (χ1n) is 4.39. The predicted molar refractivity (Wildman–Crippen MR) is 43.7 cm³/mol. The van der Waals surface area contributed by atoms with Gasteiger partial charge in [0.1, 0.15) is 0 Å². The lowest BCUT2D eigenvalue weighted by molar-refractivity contribution is 0.326. The van der Waals surface area contributed by atoms with E-state index in [1.807, 2.05) is 0 Å². The average molecular weight is 136 g/mol. The lowest BCUT2D eigenvalue weighted by Gasteiger charge is -2.25. The third-order valence-electron chi connectivity index (χ3n) is 3.70. The molecule has 0 aromatic heterocycles. The van der Waals surface area contributed by atoms with Gasteiger partial charge in [-0.3, -0.25) is 0 Å². The van der Waals surface area contributed by atoms with Crippen molar-refractivity contribution in [3.63, 3.8) is 0 Å². The van der Waals surface area contributed by atoms with Gasteiger partial charge in [-0.1, -0.05) is 26.0 Å². The summed E-state index contributed by atoms with van der Waals surface area (Å²) in [4.78, 5) is 0. The molecule has 0 aromatic carbocycles. The van der Waals surface area contributed by atoms with Crippen LogP contribution in [-0.4, -0.2) is 0 Å². The highest BCUT2D eigenvalue weighted by atomic mass is 14.5. The van der Waals surface area contributed by atoms with Crippen molar-refractivity contribution in [2.45, 2.75) is 26.7 Å². The SMILES string of the molecule is C=C1C2CC(C)C(C2)C1C. The molecular formula is C10H16. The Balaban J connectivity index is 2.24. The topological polar surface area (TPSA) is 0 Å². The lowest BCUT2D eigenvalue weighted by atomic mass is 9.80. The van der Waals surface area contributed by atoms with Crippen molar-refractivity contribution in [3.8, 4) is 0 Å². The van der Waals surface area contributed by atoms with Crippen LogP contribution in [0.2, 0.25) is 0 Å². The van der Waals surface area contributed by atoms with Crippen LogP contribution in [0, 0.1) is 23.7 Å². The third kappa shape index (κ3) is 0.624. The number of hydrogen-bond acceptors (Lipinski definition) is 0. The smallest absolute Gasteiger partial charge is 0.0198 e. The van der Waals surface area contributed by atoms with Crippen LogP contribution < -0.4 is 0 Å². The van der Waals surface area contributed by atoms with Gasteiger partial charge in [0.15, 0.2) is 0 Å². The van der Waals surface area contributed by atoms with Crippen LogP contribution in [0.3, 0.4) is 0 Å². The second-order valence-corrected chi connectivity index (χ2v) is 4.17. The Bertz CT molecular complexity index is 165. The molecule has 0 saturated heterocycles. The van der Waals surface area contributed by atoms with Gasteiger partial charge in [0, 0.05) is 0 Å². The van der Waals surface area contributed by atoms with E-state index >= 15 is 0 Å². The molecule has 4 unspecified atom stereocenters. The quantitative estimate of drug-likeness (QED) is 0.449. The monoisotopic (exact) mass is 136 g/mol. The zero-order valence-corrected chi connectivity index (χ0v) is 6.93. The predicted octanol–water partition coefficient (Wildman–Crippen LogP) is 2.85. The van der Waals surface area contributed by atoms with E-state index in [4.69, 9.17) is 0 Å². The number of fused-ring (bicyclic) bond motifs is 2. The molecule has 0 spiro atoms. The molecule has 0 N–H and O–H groups in total. The summed E-state index contributed by atoms with van der Waals surface area (Å²) in [5, 5.41) is 0. The van der Waals surface area contributed by atoms with Crippen molar-refractivity contribution in [1.82, 2.24) is 0 Å². The van der Waals surface area contributed by atoms with Crippen molar-refractivity contribution in [2.24, 2.45) is 23.7 Å². The van der Waals surface area contributed by atoms with E-state index < -0.39 is 0 Å². The highest BCUT2D eigenvalue weighted by molar-refractivity contribution is 5.17. The molecular weight excluding hydrogens is 120 g/mol. The van der Waals surface area contributed by atoms with Crippen LogP contribution in [0.25, 0.3) is 0 Å². The van der Waals surface area contributed by atoms with Gasteiger partial charge in [-0.2, -0.15) is 0 Å². The van der Waals surface area contributed by atoms with E-state index in [9.17, 15) is 0 Å². The van der Waals surface area contributed by atoms with Gasteiger partial charge in [-0.25, -0.2) is 0 Å². The molecule has 0 aromatic rings. The number of hydrogen-bond donors (Lipinski definition) is 0. The zero-order chi connectivity index (χ0) is 7.30. The maximum Gasteiger partial charge on any atom is -0.0198 e.